The summed E-state index contributed by atoms with van der Waals surface area (Å²) >= 11 is 0. The number of benzene rings is 1. The van der Waals surface area contributed by atoms with E-state index in [0.29, 0.717) is 5.92 Å². The second-order valence-electron chi connectivity index (χ2n) is 10.9. The van der Waals surface area contributed by atoms with E-state index in [1.54, 1.807) is 10.4 Å². The molecule has 0 amide bonds. The first-order valence-electron chi connectivity index (χ1n) is 14.5. The molecule has 0 heterocycles. The Bertz CT molecular complexity index is 707. The van der Waals surface area contributed by atoms with Crippen molar-refractivity contribution in [2.75, 3.05) is 0 Å². The zero-order chi connectivity index (χ0) is 23.8. The zero-order valence-corrected chi connectivity index (χ0v) is 29.0. The van der Waals surface area contributed by atoms with Crippen LogP contribution in [0.3, 0.4) is 0 Å². The molecule has 2 unspecified atom stereocenters. The molecule has 2 atom stereocenters. The average Bonchev–Trinajstić information content (AvgIpc) is 3.17. The SMILES string of the molecule is CCCCCCCCCCCCCCCCCC[Si](C)(C1=CC(C)[C-]=C1C)c1ccccc1.[Cl-].[Cl-].[Cl-].[Ti+4]. The largest absolute Gasteiger partial charge is 4.00 e. The molecule has 0 fully saturated rings. The summed E-state index contributed by atoms with van der Waals surface area (Å²) in [6.07, 6.45) is 29.2. The fraction of sp³-hybridized carbons (Fsp3) is 0.688. The molecule has 0 aliphatic heterocycles. The average molecular weight is 620 g/mol. The molecule has 2 rings (SSSR count). The molecule has 0 aromatic heterocycles. The maximum Gasteiger partial charge on any atom is 4.00 e. The minimum Gasteiger partial charge on any atom is -1.00 e. The van der Waals surface area contributed by atoms with Crippen LogP contribution in [-0.2, 0) is 21.7 Å². The van der Waals surface area contributed by atoms with E-state index >= 15 is 0 Å². The van der Waals surface area contributed by atoms with Gasteiger partial charge < -0.3 is 37.2 Å². The van der Waals surface area contributed by atoms with Crippen LogP contribution in [0.2, 0.25) is 12.6 Å². The molecule has 210 valence electrons. The molecule has 0 spiro atoms. The van der Waals surface area contributed by atoms with Gasteiger partial charge in [0.05, 0.1) is 0 Å². The van der Waals surface area contributed by atoms with Crippen molar-refractivity contribution in [1.29, 1.82) is 0 Å². The molecule has 1 aliphatic carbocycles. The van der Waals surface area contributed by atoms with Crippen LogP contribution >= 0.6 is 0 Å². The molecule has 37 heavy (non-hydrogen) atoms. The topological polar surface area (TPSA) is 0 Å². The fourth-order valence-corrected chi connectivity index (χ4v) is 9.97. The second kappa shape index (κ2) is 25.5. The van der Waals surface area contributed by atoms with Gasteiger partial charge in [-0.2, -0.15) is 11.3 Å². The van der Waals surface area contributed by atoms with E-state index in [1.807, 2.05) is 0 Å². The summed E-state index contributed by atoms with van der Waals surface area (Å²) < 4.78 is 0. The Labute approximate surface area is 265 Å². The van der Waals surface area contributed by atoms with Crippen LogP contribution in [0.15, 0.2) is 47.2 Å². The first-order valence-corrected chi connectivity index (χ1v) is 17.2. The number of rotatable bonds is 19. The van der Waals surface area contributed by atoms with E-state index < -0.39 is 8.07 Å². The van der Waals surface area contributed by atoms with Crippen molar-refractivity contribution >= 4 is 13.3 Å². The molecule has 0 saturated carbocycles. The van der Waals surface area contributed by atoms with Crippen LogP contribution in [0.25, 0.3) is 0 Å². The Morgan fingerprint density at radius 3 is 1.46 bits per heavy atom. The summed E-state index contributed by atoms with van der Waals surface area (Å²) in [4.78, 5) is 0. The predicted molar refractivity (Wildman–Crippen MR) is 152 cm³/mol. The van der Waals surface area contributed by atoms with Crippen molar-refractivity contribution in [3.05, 3.63) is 53.3 Å². The summed E-state index contributed by atoms with van der Waals surface area (Å²) in [6.45, 7) is 9.47. The predicted octanol–water partition coefficient (Wildman–Crippen LogP) is 1.11. The third-order valence-corrected chi connectivity index (χ3v) is 12.5. The summed E-state index contributed by atoms with van der Waals surface area (Å²) in [5.41, 5.74) is 1.43. The molecule has 0 radical (unpaired) electrons. The molecule has 0 N–H and O–H groups in total. The van der Waals surface area contributed by atoms with Gasteiger partial charge in [-0.05, 0) is 0 Å². The van der Waals surface area contributed by atoms with Crippen LogP contribution in [0.4, 0.5) is 0 Å². The van der Waals surface area contributed by atoms with Gasteiger partial charge in [0.1, 0.15) is 0 Å². The molecule has 1 aliphatic rings. The van der Waals surface area contributed by atoms with Crippen molar-refractivity contribution < 1.29 is 58.9 Å². The molecule has 0 saturated heterocycles. The van der Waals surface area contributed by atoms with Gasteiger partial charge in [-0.3, -0.25) is 6.08 Å². The van der Waals surface area contributed by atoms with Gasteiger partial charge in [0, 0.05) is 8.07 Å². The minimum absolute atomic E-state index is 0. The smallest absolute Gasteiger partial charge is 1.00 e. The van der Waals surface area contributed by atoms with Gasteiger partial charge in [0.15, 0.2) is 0 Å². The Balaban J connectivity index is -0.00000289. The summed E-state index contributed by atoms with van der Waals surface area (Å²) in [5.74, 6) is 0.487. The molecule has 0 bridgehead atoms. The van der Waals surface area contributed by atoms with Gasteiger partial charge in [-0.1, -0.05) is 178 Å². The van der Waals surface area contributed by atoms with E-state index in [0.717, 1.165) is 0 Å². The standard InChI is InChI=1S/C32H53Si.3ClH.Ti/c1-5-6-7-8-9-10-11-12-13-14-15-16-17-18-19-23-26-33(4,31-24-21-20-22-25-31)32-28-29(2)27-30(32)3;;;;/h20-22,24-25,28-29H,5-19,23,26H2,1-4H3;3*1H;/q-1;;;;+4/p-3. The first-order chi connectivity index (χ1) is 16.1. The minimum atomic E-state index is -1.64. The Kier molecular flexibility index (Phi) is 28.9. The Morgan fingerprint density at radius 2 is 1.08 bits per heavy atom. The number of hydrogen-bond donors (Lipinski definition) is 0. The van der Waals surface area contributed by atoms with Gasteiger partial charge in [0.2, 0.25) is 0 Å². The normalized spacial score (nSPS) is 15.7. The van der Waals surface area contributed by atoms with Crippen LogP contribution < -0.4 is 42.4 Å². The van der Waals surface area contributed by atoms with Crippen LogP contribution in [0, 0.1) is 12.0 Å². The number of halogens is 3. The molecular formula is C32H53Cl3SiTi. The van der Waals surface area contributed by atoms with Gasteiger partial charge >= 0.3 is 21.7 Å². The fourth-order valence-electron chi connectivity index (χ4n) is 5.70. The van der Waals surface area contributed by atoms with Crippen molar-refractivity contribution in [2.45, 2.75) is 136 Å². The summed E-state index contributed by atoms with van der Waals surface area (Å²) in [6, 6.07) is 12.8. The maximum absolute atomic E-state index is 3.66. The molecule has 0 nitrogen and oxygen atoms in total. The molecule has 1 aromatic rings. The van der Waals surface area contributed by atoms with E-state index in [4.69, 9.17) is 0 Å². The van der Waals surface area contributed by atoms with Crippen molar-refractivity contribution in [2.24, 2.45) is 5.92 Å². The monoisotopic (exact) mass is 618 g/mol. The summed E-state index contributed by atoms with van der Waals surface area (Å²) in [5, 5.41) is 3.26. The second-order valence-corrected chi connectivity index (χ2v) is 15.2. The maximum atomic E-state index is 3.66. The number of allylic oxidation sites excluding steroid dienone is 4. The number of unbranched alkanes of at least 4 members (excludes halogenated alkanes) is 15. The first kappa shape index (κ1) is 42.0. The zero-order valence-electron chi connectivity index (χ0n) is 24.2. The molecule has 5 heteroatoms. The van der Waals surface area contributed by atoms with E-state index in [1.165, 1.54) is 114 Å². The van der Waals surface area contributed by atoms with Crippen molar-refractivity contribution in [1.82, 2.24) is 0 Å². The number of hydrogen-bond acceptors (Lipinski definition) is 0. The van der Waals surface area contributed by atoms with Crippen LogP contribution in [0.5, 0.6) is 0 Å². The summed E-state index contributed by atoms with van der Waals surface area (Å²) in [7, 11) is -1.64. The van der Waals surface area contributed by atoms with Crippen LogP contribution in [-0.4, -0.2) is 8.07 Å². The molecular weight excluding hydrogens is 567 g/mol. The van der Waals surface area contributed by atoms with Crippen molar-refractivity contribution in [3.8, 4) is 0 Å². The van der Waals surface area contributed by atoms with Gasteiger partial charge in [0.25, 0.3) is 0 Å². The third-order valence-electron chi connectivity index (χ3n) is 7.80. The quantitative estimate of drug-likeness (QED) is 0.124. The van der Waals surface area contributed by atoms with E-state index in [2.05, 4.69) is 69.8 Å². The Hall–Kier alpha value is 0.501. The Morgan fingerprint density at radius 1 is 0.676 bits per heavy atom. The van der Waals surface area contributed by atoms with Gasteiger partial charge in [-0.25, -0.2) is 5.57 Å². The van der Waals surface area contributed by atoms with Crippen molar-refractivity contribution in [3.63, 3.8) is 0 Å². The third kappa shape index (κ3) is 16.4. The van der Waals surface area contributed by atoms with Gasteiger partial charge in [-0.15, -0.1) is 0 Å². The molecule has 1 aromatic carbocycles. The van der Waals surface area contributed by atoms with Crippen LogP contribution in [0.1, 0.15) is 124 Å². The van der Waals surface area contributed by atoms with E-state index in [9.17, 15) is 0 Å². The van der Waals surface area contributed by atoms with E-state index in [-0.39, 0.29) is 58.9 Å².